The van der Waals surface area contributed by atoms with E-state index in [0.717, 1.165) is 19.1 Å². The van der Waals surface area contributed by atoms with Gasteiger partial charge in [0, 0.05) is 22.6 Å². The molecule has 1 saturated heterocycles. The summed E-state index contributed by atoms with van der Waals surface area (Å²) >= 11 is 0. The Morgan fingerprint density at radius 1 is 1.24 bits per heavy atom. The Hall–Kier alpha value is -2.27. The first-order valence-corrected chi connectivity index (χ1v) is 8.60. The molecule has 5 heteroatoms. The van der Waals surface area contributed by atoms with Crippen molar-refractivity contribution in [1.29, 1.82) is 0 Å². The first-order valence-electron chi connectivity index (χ1n) is 8.60. The monoisotopic (exact) mass is 338 g/mol. The Balaban J connectivity index is 1.87. The van der Waals surface area contributed by atoms with Gasteiger partial charge in [0.25, 0.3) is 0 Å². The third-order valence-electron chi connectivity index (χ3n) is 7.03. The summed E-state index contributed by atoms with van der Waals surface area (Å²) < 4.78 is 6.40. The van der Waals surface area contributed by atoms with Crippen molar-refractivity contribution in [3.63, 3.8) is 0 Å². The van der Waals surface area contributed by atoms with Crippen LogP contribution in [-0.2, 0) is 9.53 Å². The normalized spacial score (nSPS) is 43.5. The third kappa shape index (κ3) is 1.36. The van der Waals surface area contributed by atoms with Crippen LogP contribution in [0.4, 0.5) is 0 Å². The largest absolute Gasteiger partial charge is 0.508 e. The minimum Gasteiger partial charge on any atom is -0.508 e. The number of rotatable bonds is 1. The minimum absolute atomic E-state index is 0.0112. The van der Waals surface area contributed by atoms with Gasteiger partial charge >= 0.3 is 0 Å². The van der Waals surface area contributed by atoms with E-state index in [1.54, 1.807) is 6.92 Å². The van der Waals surface area contributed by atoms with Crippen LogP contribution < -0.4 is 0 Å². The molecule has 1 aromatic carbocycles. The molecule has 0 unspecified atom stereocenters. The first-order chi connectivity index (χ1) is 11.8. The van der Waals surface area contributed by atoms with Crippen LogP contribution in [-0.4, -0.2) is 34.2 Å². The molecule has 5 atom stereocenters. The number of aromatic hydroxyl groups is 1. The molecule has 5 aliphatic rings. The zero-order valence-electron chi connectivity index (χ0n) is 14.0. The van der Waals surface area contributed by atoms with Gasteiger partial charge < -0.3 is 14.6 Å². The van der Waals surface area contributed by atoms with Gasteiger partial charge in [0.1, 0.15) is 12.0 Å². The van der Waals surface area contributed by atoms with E-state index in [4.69, 9.17) is 4.74 Å². The molecule has 2 aliphatic heterocycles. The Bertz CT molecular complexity index is 915. The Labute approximate surface area is 144 Å². The van der Waals surface area contributed by atoms with Crippen molar-refractivity contribution in [2.75, 3.05) is 0 Å². The number of hydrogen-bond acceptors (Lipinski definition) is 5. The second-order valence-electron chi connectivity index (χ2n) is 8.14. The number of Topliss-reactive ketones (excluding diaryl/α,β-unsaturated/α-hetero) is 2. The second kappa shape index (κ2) is 4.10. The molecule has 1 aromatic rings. The van der Waals surface area contributed by atoms with E-state index in [0.29, 0.717) is 0 Å². The van der Waals surface area contributed by atoms with Gasteiger partial charge in [-0.05, 0) is 50.8 Å². The molecule has 1 saturated carbocycles. The van der Waals surface area contributed by atoms with Crippen LogP contribution in [0.1, 0.15) is 47.4 Å². The van der Waals surface area contributed by atoms with Crippen LogP contribution in [0.15, 0.2) is 29.8 Å². The number of phenols is 1. The van der Waals surface area contributed by atoms with Crippen molar-refractivity contribution in [2.24, 2.45) is 17.3 Å². The van der Waals surface area contributed by atoms with E-state index in [2.05, 4.69) is 0 Å². The maximum absolute atomic E-state index is 13.6. The third-order valence-corrected chi connectivity index (χ3v) is 7.03. The van der Waals surface area contributed by atoms with Crippen LogP contribution in [0.5, 0.6) is 5.75 Å². The lowest BCUT2D eigenvalue weighted by Crippen LogP contribution is -2.72. The van der Waals surface area contributed by atoms with Gasteiger partial charge in [-0.25, -0.2) is 0 Å². The number of benzene rings is 1. The molecule has 0 aromatic heterocycles. The average molecular weight is 338 g/mol. The van der Waals surface area contributed by atoms with Crippen molar-refractivity contribution in [1.82, 2.24) is 0 Å². The number of hydrogen-bond donors (Lipinski definition) is 1. The number of ketones is 2. The molecule has 5 nitrogen and oxygen atoms in total. The lowest BCUT2D eigenvalue weighted by Gasteiger charge is -2.61. The van der Waals surface area contributed by atoms with E-state index in [1.165, 1.54) is 18.2 Å². The molecule has 1 spiro atoms. The second-order valence-corrected chi connectivity index (χ2v) is 8.14. The van der Waals surface area contributed by atoms with Gasteiger partial charge in [0.15, 0.2) is 11.4 Å². The molecule has 0 radical (unpaired) electrons. The topological polar surface area (TPSA) is 80.7 Å². The lowest BCUT2D eigenvalue weighted by atomic mass is 9.49. The fraction of sp³-hybridized carbons (Fsp3) is 0.450. The van der Waals surface area contributed by atoms with E-state index in [-0.39, 0.29) is 45.9 Å². The Kier molecular flexibility index (Phi) is 2.46. The Morgan fingerprint density at radius 2 is 2.00 bits per heavy atom. The van der Waals surface area contributed by atoms with Gasteiger partial charge in [-0.3, -0.25) is 9.59 Å². The van der Waals surface area contributed by atoms with Crippen molar-refractivity contribution in [3.05, 3.63) is 41.0 Å². The molecule has 128 valence electrons. The fourth-order valence-corrected chi connectivity index (χ4v) is 5.73. The maximum atomic E-state index is 13.6. The van der Waals surface area contributed by atoms with E-state index in [1.807, 2.05) is 13.0 Å². The van der Waals surface area contributed by atoms with E-state index in [9.17, 15) is 19.5 Å². The molecule has 25 heavy (non-hydrogen) atoms. The molecule has 6 rings (SSSR count). The standard InChI is InChI=1S/C20H18O5/c1-18(9-21)13-5-6-19(2)14(13)8-15-16(23)12-7-10(22)3-4-11(12)17(24)20(15,18)25-19/h3-4,7-9,13-14,22H,5-6H2,1-2H3/t13-,14-,18-,19+,20-/m0/s1. The van der Waals surface area contributed by atoms with Crippen molar-refractivity contribution >= 4 is 17.9 Å². The number of carbonyl (C=O) groups excluding carboxylic acids is 3. The average Bonchev–Trinajstić information content (AvgIpc) is 2.89. The van der Waals surface area contributed by atoms with Gasteiger partial charge in [-0.2, -0.15) is 0 Å². The fourth-order valence-electron chi connectivity index (χ4n) is 5.73. The highest BCUT2D eigenvalue weighted by atomic mass is 16.5. The van der Waals surface area contributed by atoms with E-state index < -0.39 is 16.6 Å². The highest BCUT2D eigenvalue weighted by Crippen LogP contribution is 2.68. The molecule has 2 fully saturated rings. The van der Waals surface area contributed by atoms with Crippen LogP contribution in [0.25, 0.3) is 0 Å². The number of fused-ring (bicyclic) bond motifs is 1. The summed E-state index contributed by atoms with van der Waals surface area (Å²) in [5.41, 5.74) is -2.48. The highest BCUT2D eigenvalue weighted by molar-refractivity contribution is 6.28. The summed E-state index contributed by atoms with van der Waals surface area (Å²) in [5.74, 6) is -0.813. The predicted molar refractivity (Wildman–Crippen MR) is 87.5 cm³/mol. The summed E-state index contributed by atoms with van der Waals surface area (Å²) in [6.07, 6.45) is 4.26. The smallest absolute Gasteiger partial charge is 0.201 e. The lowest BCUT2D eigenvalue weighted by molar-refractivity contribution is -0.219. The SMILES string of the molecule is C[C@@]12CC[C@H]3[C@@H]1C=C1C(=O)c4cc(O)ccc4C(=O)[C@]1(O2)[C@@]3(C)C=O. The first kappa shape index (κ1) is 15.0. The maximum Gasteiger partial charge on any atom is 0.201 e. The number of phenolic OH excluding ortho intramolecular Hbond substituents is 1. The molecule has 3 aliphatic carbocycles. The van der Waals surface area contributed by atoms with Gasteiger partial charge in [0.2, 0.25) is 5.78 Å². The number of ether oxygens (including phenoxy) is 1. The van der Waals surface area contributed by atoms with Crippen LogP contribution in [0.2, 0.25) is 0 Å². The summed E-state index contributed by atoms with van der Waals surface area (Å²) in [6, 6.07) is 4.16. The molecule has 1 N–H and O–H groups in total. The van der Waals surface area contributed by atoms with E-state index >= 15 is 0 Å². The Morgan fingerprint density at radius 3 is 2.72 bits per heavy atom. The van der Waals surface area contributed by atoms with Crippen LogP contribution >= 0.6 is 0 Å². The minimum atomic E-state index is -1.56. The van der Waals surface area contributed by atoms with Gasteiger partial charge in [-0.1, -0.05) is 6.08 Å². The summed E-state index contributed by atoms with van der Waals surface area (Å²) in [4.78, 5) is 38.9. The van der Waals surface area contributed by atoms with Gasteiger partial charge in [-0.15, -0.1) is 0 Å². The summed E-state index contributed by atoms with van der Waals surface area (Å²) in [7, 11) is 0. The van der Waals surface area contributed by atoms with Crippen LogP contribution in [0.3, 0.4) is 0 Å². The molecular weight excluding hydrogens is 320 g/mol. The molecular formula is C20H18O5. The summed E-state index contributed by atoms with van der Waals surface area (Å²) in [5, 5.41) is 9.73. The molecule has 2 heterocycles. The zero-order valence-corrected chi connectivity index (χ0v) is 14.0. The van der Waals surface area contributed by atoms with Crippen molar-refractivity contribution in [3.8, 4) is 5.75 Å². The van der Waals surface area contributed by atoms with Gasteiger partial charge in [0.05, 0.1) is 11.0 Å². The van der Waals surface area contributed by atoms with Crippen molar-refractivity contribution < 1.29 is 24.2 Å². The number of aldehydes is 1. The number of carbonyl (C=O) groups is 3. The van der Waals surface area contributed by atoms with Crippen LogP contribution in [0, 0.1) is 17.3 Å². The van der Waals surface area contributed by atoms with Crippen molar-refractivity contribution in [2.45, 2.75) is 37.9 Å². The zero-order chi connectivity index (χ0) is 17.8. The predicted octanol–water partition coefficient (Wildman–Crippen LogP) is 2.47. The molecule has 0 amide bonds. The summed E-state index contributed by atoms with van der Waals surface area (Å²) in [6.45, 7) is 3.73. The molecule has 4 bridgehead atoms. The highest BCUT2D eigenvalue weighted by Gasteiger charge is 2.76. The quantitative estimate of drug-likeness (QED) is 0.796.